The number of nitrogens with one attached hydrogen (secondary N) is 1. The van der Waals surface area contributed by atoms with Gasteiger partial charge in [0.1, 0.15) is 5.75 Å². The van der Waals surface area contributed by atoms with Gasteiger partial charge in [0.15, 0.2) is 5.13 Å². The average molecular weight is 402 g/mol. The fourth-order valence-corrected chi connectivity index (χ4v) is 4.07. The molecule has 4 rings (SSSR count). The van der Waals surface area contributed by atoms with Crippen molar-refractivity contribution in [2.24, 2.45) is 5.92 Å². The van der Waals surface area contributed by atoms with Gasteiger partial charge in [0.05, 0.1) is 23.2 Å². The molecule has 2 amide bonds. The number of amides is 2. The van der Waals surface area contributed by atoms with E-state index in [2.05, 4.69) is 10.3 Å². The highest BCUT2D eigenvalue weighted by atomic mass is 35.5. The van der Waals surface area contributed by atoms with E-state index < -0.39 is 5.92 Å². The number of carbonyl (C=O) groups is 2. The molecule has 2 aromatic carbocycles. The van der Waals surface area contributed by atoms with Crippen LogP contribution in [0.5, 0.6) is 5.75 Å². The molecule has 27 heavy (non-hydrogen) atoms. The van der Waals surface area contributed by atoms with Crippen LogP contribution >= 0.6 is 22.9 Å². The molecule has 2 heterocycles. The second-order valence-corrected chi connectivity index (χ2v) is 7.69. The number of carbonyl (C=O) groups excluding carboxylic acids is 2. The second kappa shape index (κ2) is 7.17. The molecule has 0 bridgehead atoms. The standard InChI is InChI=1S/C19H16ClN3O3S/c1-26-14-6-7-15-16(9-14)27-19(21-15)22-18(25)11-8-17(24)23(10-11)13-4-2-12(20)3-5-13/h2-7,9,11H,8,10H2,1H3,(H,21,22,25)/t11-/m0/s1. The van der Waals surface area contributed by atoms with E-state index in [9.17, 15) is 9.59 Å². The number of nitrogens with zero attached hydrogens (tertiary/aromatic N) is 2. The van der Waals surface area contributed by atoms with Gasteiger partial charge in [-0.25, -0.2) is 4.98 Å². The molecular weight excluding hydrogens is 386 g/mol. The van der Waals surface area contributed by atoms with Gasteiger partial charge in [0.25, 0.3) is 0 Å². The molecule has 6 nitrogen and oxygen atoms in total. The van der Waals surface area contributed by atoms with Crippen molar-refractivity contribution in [2.45, 2.75) is 6.42 Å². The highest BCUT2D eigenvalue weighted by Gasteiger charge is 2.35. The number of hydrogen-bond donors (Lipinski definition) is 1. The van der Waals surface area contributed by atoms with Crippen LogP contribution in [0.15, 0.2) is 42.5 Å². The largest absolute Gasteiger partial charge is 0.497 e. The molecule has 1 aliphatic rings. The van der Waals surface area contributed by atoms with Crippen molar-refractivity contribution in [1.82, 2.24) is 4.98 Å². The van der Waals surface area contributed by atoms with E-state index in [0.717, 1.165) is 21.7 Å². The molecule has 0 aliphatic carbocycles. The molecule has 3 aromatic rings. The summed E-state index contributed by atoms with van der Waals surface area (Å²) in [5, 5.41) is 3.96. The van der Waals surface area contributed by atoms with E-state index in [-0.39, 0.29) is 18.2 Å². The Kier molecular flexibility index (Phi) is 4.72. The first kappa shape index (κ1) is 17.8. The zero-order valence-electron chi connectivity index (χ0n) is 14.4. The Hall–Kier alpha value is -2.64. The minimum absolute atomic E-state index is 0.0773. The summed E-state index contributed by atoms with van der Waals surface area (Å²) in [4.78, 5) is 31.0. The number of thiazole rings is 1. The maximum absolute atomic E-state index is 12.6. The van der Waals surface area contributed by atoms with Gasteiger partial charge >= 0.3 is 0 Å². The fraction of sp³-hybridized carbons (Fsp3) is 0.211. The van der Waals surface area contributed by atoms with Crippen molar-refractivity contribution < 1.29 is 14.3 Å². The molecule has 1 aliphatic heterocycles. The normalized spacial score (nSPS) is 16.7. The van der Waals surface area contributed by atoms with Gasteiger partial charge in [-0.05, 0) is 42.5 Å². The van der Waals surface area contributed by atoms with Crippen LogP contribution in [-0.2, 0) is 9.59 Å². The van der Waals surface area contributed by atoms with Crippen LogP contribution in [0, 0.1) is 5.92 Å². The summed E-state index contributed by atoms with van der Waals surface area (Å²) in [6.07, 6.45) is 0.174. The number of aromatic nitrogens is 1. The number of ether oxygens (including phenoxy) is 1. The Bertz CT molecular complexity index is 1020. The van der Waals surface area contributed by atoms with Gasteiger partial charge in [-0.2, -0.15) is 0 Å². The van der Waals surface area contributed by atoms with E-state index in [1.165, 1.54) is 11.3 Å². The van der Waals surface area contributed by atoms with Crippen molar-refractivity contribution in [3.63, 3.8) is 0 Å². The number of benzene rings is 2. The Balaban J connectivity index is 1.47. The van der Waals surface area contributed by atoms with E-state index in [0.29, 0.717) is 16.7 Å². The summed E-state index contributed by atoms with van der Waals surface area (Å²) in [6, 6.07) is 12.6. The lowest BCUT2D eigenvalue weighted by Crippen LogP contribution is -2.28. The molecule has 0 spiro atoms. The summed E-state index contributed by atoms with van der Waals surface area (Å²) in [6.45, 7) is 0.338. The quantitative estimate of drug-likeness (QED) is 0.718. The minimum Gasteiger partial charge on any atom is -0.497 e. The zero-order chi connectivity index (χ0) is 19.0. The maximum Gasteiger partial charge on any atom is 0.231 e. The third kappa shape index (κ3) is 3.61. The lowest BCUT2D eigenvalue weighted by Gasteiger charge is -2.16. The lowest BCUT2D eigenvalue weighted by molar-refractivity contribution is -0.122. The molecule has 1 N–H and O–H groups in total. The third-order valence-electron chi connectivity index (χ3n) is 4.46. The molecule has 1 atom stereocenters. The zero-order valence-corrected chi connectivity index (χ0v) is 16.0. The summed E-state index contributed by atoms with van der Waals surface area (Å²) in [5.41, 5.74) is 1.54. The average Bonchev–Trinajstić information content (AvgIpc) is 3.24. The highest BCUT2D eigenvalue weighted by molar-refractivity contribution is 7.22. The van der Waals surface area contributed by atoms with E-state index >= 15 is 0 Å². The predicted molar refractivity (Wildman–Crippen MR) is 107 cm³/mol. The number of methoxy groups -OCH3 is 1. The molecule has 8 heteroatoms. The third-order valence-corrected chi connectivity index (χ3v) is 5.65. The van der Waals surface area contributed by atoms with E-state index in [4.69, 9.17) is 16.3 Å². The van der Waals surface area contributed by atoms with E-state index in [1.807, 2.05) is 18.2 Å². The molecule has 1 saturated heterocycles. The van der Waals surface area contributed by atoms with Crippen LogP contribution in [0.3, 0.4) is 0 Å². The smallest absolute Gasteiger partial charge is 0.231 e. The SMILES string of the molecule is COc1ccc2nc(NC(=O)[C@H]3CC(=O)N(c4ccc(Cl)cc4)C3)sc2c1. The van der Waals surface area contributed by atoms with Gasteiger partial charge in [-0.3, -0.25) is 9.59 Å². The van der Waals surface area contributed by atoms with Crippen molar-refractivity contribution >= 4 is 55.8 Å². The van der Waals surface area contributed by atoms with Crippen LogP contribution in [-0.4, -0.2) is 30.5 Å². The molecule has 1 aromatic heterocycles. The van der Waals surface area contributed by atoms with Crippen LogP contribution in [0.2, 0.25) is 5.02 Å². The molecule has 0 radical (unpaired) electrons. The number of halogens is 1. The molecule has 0 saturated carbocycles. The Labute approximate surface area is 164 Å². The molecule has 0 unspecified atom stereocenters. The van der Waals surface area contributed by atoms with Gasteiger partial charge in [0.2, 0.25) is 11.8 Å². The van der Waals surface area contributed by atoms with Gasteiger partial charge in [-0.1, -0.05) is 22.9 Å². The Morgan fingerprint density at radius 2 is 2.07 bits per heavy atom. The fourth-order valence-electron chi connectivity index (χ4n) is 3.05. The summed E-state index contributed by atoms with van der Waals surface area (Å²) in [5.74, 6) is 0.0380. The number of rotatable bonds is 4. The number of hydrogen-bond acceptors (Lipinski definition) is 5. The summed E-state index contributed by atoms with van der Waals surface area (Å²) < 4.78 is 6.13. The van der Waals surface area contributed by atoms with Gasteiger partial charge < -0.3 is 15.0 Å². The topological polar surface area (TPSA) is 71.5 Å². The molecule has 138 valence electrons. The van der Waals surface area contributed by atoms with Crippen molar-refractivity contribution in [2.75, 3.05) is 23.9 Å². The first-order chi connectivity index (χ1) is 13.0. The van der Waals surface area contributed by atoms with Gasteiger partial charge in [0, 0.05) is 23.7 Å². The number of anilines is 2. The van der Waals surface area contributed by atoms with Crippen molar-refractivity contribution in [3.05, 3.63) is 47.5 Å². The first-order valence-corrected chi connectivity index (χ1v) is 9.54. The summed E-state index contributed by atoms with van der Waals surface area (Å²) >= 11 is 7.27. The van der Waals surface area contributed by atoms with Gasteiger partial charge in [-0.15, -0.1) is 0 Å². The van der Waals surface area contributed by atoms with E-state index in [1.54, 1.807) is 36.3 Å². The molecular formula is C19H16ClN3O3S. The number of fused-ring (bicyclic) bond motifs is 1. The minimum atomic E-state index is -0.422. The predicted octanol–water partition coefficient (Wildman–Crippen LogP) is 3.95. The van der Waals surface area contributed by atoms with Crippen LogP contribution in [0.4, 0.5) is 10.8 Å². The van der Waals surface area contributed by atoms with Crippen molar-refractivity contribution in [3.8, 4) is 5.75 Å². The highest BCUT2D eigenvalue weighted by Crippen LogP contribution is 2.31. The lowest BCUT2D eigenvalue weighted by atomic mass is 10.1. The Morgan fingerprint density at radius 3 is 2.81 bits per heavy atom. The van der Waals surface area contributed by atoms with Crippen LogP contribution in [0.25, 0.3) is 10.2 Å². The van der Waals surface area contributed by atoms with Crippen molar-refractivity contribution in [1.29, 1.82) is 0 Å². The summed E-state index contributed by atoms with van der Waals surface area (Å²) in [7, 11) is 1.61. The molecule has 1 fully saturated rings. The first-order valence-electron chi connectivity index (χ1n) is 8.35. The van der Waals surface area contributed by atoms with Crippen LogP contribution < -0.4 is 15.0 Å². The second-order valence-electron chi connectivity index (χ2n) is 6.22. The van der Waals surface area contributed by atoms with Crippen LogP contribution in [0.1, 0.15) is 6.42 Å². The monoisotopic (exact) mass is 401 g/mol. The maximum atomic E-state index is 12.6. The Morgan fingerprint density at radius 1 is 1.30 bits per heavy atom.